The van der Waals surface area contributed by atoms with Crippen molar-refractivity contribution >= 4 is 18.0 Å². The zero-order chi connectivity index (χ0) is 14.5. The third-order valence-electron chi connectivity index (χ3n) is 2.32. The molecule has 1 rings (SSSR count). The van der Waals surface area contributed by atoms with E-state index in [0.29, 0.717) is 17.8 Å². The molecule has 19 heavy (non-hydrogen) atoms. The van der Waals surface area contributed by atoms with Gasteiger partial charge in [0.15, 0.2) is 0 Å². The summed E-state index contributed by atoms with van der Waals surface area (Å²) in [5.74, 6) is 0. The molecule has 0 heterocycles. The molecule has 0 aliphatic rings. The second-order valence-electron chi connectivity index (χ2n) is 5.06. The zero-order valence-corrected chi connectivity index (χ0v) is 11.8. The first-order valence-corrected chi connectivity index (χ1v) is 6.15. The van der Waals surface area contributed by atoms with Gasteiger partial charge in [0.2, 0.25) is 0 Å². The summed E-state index contributed by atoms with van der Waals surface area (Å²) >= 11 is 0. The lowest BCUT2D eigenvalue weighted by molar-refractivity contribution is 0.0582. The first-order valence-electron chi connectivity index (χ1n) is 6.15. The summed E-state index contributed by atoms with van der Waals surface area (Å²) in [5.41, 5.74) is 0.880. The summed E-state index contributed by atoms with van der Waals surface area (Å²) in [6, 6.07) is 7.14. The SMILES string of the molecule is CCN(C(=O)OC(C)(C)C)c1cccc(/C=N\O)c1. The molecule has 1 aromatic rings. The van der Waals surface area contributed by atoms with Crippen LogP contribution in [0.2, 0.25) is 0 Å². The highest BCUT2D eigenvalue weighted by Gasteiger charge is 2.22. The van der Waals surface area contributed by atoms with Crippen LogP contribution in [0.1, 0.15) is 33.3 Å². The van der Waals surface area contributed by atoms with E-state index in [0.717, 1.165) is 0 Å². The molecular weight excluding hydrogens is 244 g/mol. The van der Waals surface area contributed by atoms with Gasteiger partial charge in [0.1, 0.15) is 5.60 Å². The molecule has 0 aromatic heterocycles. The lowest BCUT2D eigenvalue weighted by Gasteiger charge is -2.26. The number of amides is 1. The van der Waals surface area contributed by atoms with Crippen molar-refractivity contribution in [1.82, 2.24) is 0 Å². The minimum Gasteiger partial charge on any atom is -0.443 e. The summed E-state index contributed by atoms with van der Waals surface area (Å²) in [6.07, 6.45) is 0.917. The first kappa shape index (κ1) is 15.0. The third-order valence-corrected chi connectivity index (χ3v) is 2.32. The molecule has 5 heteroatoms. The minimum atomic E-state index is -0.533. The molecule has 0 atom stereocenters. The van der Waals surface area contributed by atoms with Crippen molar-refractivity contribution in [1.29, 1.82) is 0 Å². The molecule has 0 saturated heterocycles. The van der Waals surface area contributed by atoms with Gasteiger partial charge in [0.25, 0.3) is 0 Å². The quantitative estimate of drug-likeness (QED) is 0.518. The first-order chi connectivity index (χ1) is 8.87. The van der Waals surface area contributed by atoms with Gasteiger partial charge in [-0.05, 0) is 45.4 Å². The minimum absolute atomic E-state index is 0.395. The Labute approximate surface area is 113 Å². The standard InChI is InChI=1S/C14H20N2O3/c1-5-16(13(17)19-14(2,3)4)12-8-6-7-11(9-12)10-15-18/h6-10,18H,5H2,1-4H3/b15-10-. The van der Waals surface area contributed by atoms with Gasteiger partial charge < -0.3 is 9.94 Å². The average molecular weight is 264 g/mol. The Balaban J connectivity index is 2.96. The fraction of sp³-hybridized carbons (Fsp3) is 0.429. The van der Waals surface area contributed by atoms with Gasteiger partial charge in [0, 0.05) is 12.2 Å². The maximum atomic E-state index is 12.1. The molecule has 104 valence electrons. The van der Waals surface area contributed by atoms with Crippen molar-refractivity contribution in [2.24, 2.45) is 5.16 Å². The number of nitrogens with zero attached hydrogens (tertiary/aromatic N) is 2. The Bertz CT molecular complexity index is 464. The average Bonchev–Trinajstić information content (AvgIpc) is 2.28. The van der Waals surface area contributed by atoms with E-state index in [-0.39, 0.29) is 0 Å². The Kier molecular flexibility index (Phi) is 4.92. The van der Waals surface area contributed by atoms with Crippen LogP contribution in [0.4, 0.5) is 10.5 Å². The molecule has 5 nitrogen and oxygen atoms in total. The van der Waals surface area contributed by atoms with Crippen LogP contribution in [0.15, 0.2) is 29.4 Å². The molecule has 0 aliphatic carbocycles. The van der Waals surface area contributed by atoms with Crippen molar-refractivity contribution in [3.8, 4) is 0 Å². The molecule has 0 aliphatic heterocycles. The summed E-state index contributed by atoms with van der Waals surface area (Å²) in [4.78, 5) is 13.6. The summed E-state index contributed by atoms with van der Waals surface area (Å²) in [6.45, 7) is 7.85. The van der Waals surface area contributed by atoms with Crippen LogP contribution >= 0.6 is 0 Å². The zero-order valence-electron chi connectivity index (χ0n) is 11.8. The van der Waals surface area contributed by atoms with Gasteiger partial charge in [-0.1, -0.05) is 17.3 Å². The topological polar surface area (TPSA) is 62.1 Å². The van der Waals surface area contributed by atoms with E-state index in [9.17, 15) is 4.79 Å². The number of anilines is 1. The van der Waals surface area contributed by atoms with Gasteiger partial charge >= 0.3 is 6.09 Å². The highest BCUT2D eigenvalue weighted by atomic mass is 16.6. The molecule has 1 aromatic carbocycles. The molecule has 0 unspecified atom stereocenters. The molecule has 1 N–H and O–H groups in total. The largest absolute Gasteiger partial charge is 0.443 e. The van der Waals surface area contributed by atoms with Gasteiger partial charge in [0.05, 0.1) is 6.21 Å². The molecule has 1 amide bonds. The normalized spacial score (nSPS) is 11.6. The van der Waals surface area contributed by atoms with E-state index in [1.54, 1.807) is 18.2 Å². The van der Waals surface area contributed by atoms with Gasteiger partial charge in [-0.15, -0.1) is 0 Å². The Morgan fingerprint density at radius 1 is 1.47 bits per heavy atom. The fourth-order valence-corrected chi connectivity index (χ4v) is 1.57. The second-order valence-corrected chi connectivity index (χ2v) is 5.06. The number of hydrogen-bond donors (Lipinski definition) is 1. The molecule has 0 spiro atoms. The lowest BCUT2D eigenvalue weighted by atomic mass is 10.2. The van der Waals surface area contributed by atoms with Crippen molar-refractivity contribution < 1.29 is 14.7 Å². The van der Waals surface area contributed by atoms with E-state index < -0.39 is 11.7 Å². The Morgan fingerprint density at radius 3 is 2.68 bits per heavy atom. The molecule has 0 fully saturated rings. The van der Waals surface area contributed by atoms with Crippen LogP contribution in [0.5, 0.6) is 0 Å². The van der Waals surface area contributed by atoms with Crippen molar-refractivity contribution in [3.05, 3.63) is 29.8 Å². The van der Waals surface area contributed by atoms with Crippen LogP contribution in [-0.4, -0.2) is 29.7 Å². The van der Waals surface area contributed by atoms with Crippen molar-refractivity contribution in [3.63, 3.8) is 0 Å². The third kappa shape index (κ3) is 4.62. The highest BCUT2D eigenvalue weighted by molar-refractivity contribution is 5.90. The number of hydrogen-bond acceptors (Lipinski definition) is 4. The van der Waals surface area contributed by atoms with Crippen LogP contribution in [0, 0.1) is 0 Å². The predicted molar refractivity (Wildman–Crippen MR) is 75.1 cm³/mol. The van der Waals surface area contributed by atoms with Crippen LogP contribution in [-0.2, 0) is 4.74 Å². The van der Waals surface area contributed by atoms with Crippen molar-refractivity contribution in [2.45, 2.75) is 33.3 Å². The van der Waals surface area contributed by atoms with Crippen molar-refractivity contribution in [2.75, 3.05) is 11.4 Å². The van der Waals surface area contributed by atoms with E-state index in [2.05, 4.69) is 5.16 Å². The highest BCUT2D eigenvalue weighted by Crippen LogP contribution is 2.19. The smallest absolute Gasteiger partial charge is 0.414 e. The summed E-state index contributed by atoms with van der Waals surface area (Å²) in [5, 5.41) is 11.5. The van der Waals surface area contributed by atoms with Gasteiger partial charge in [-0.3, -0.25) is 4.90 Å². The van der Waals surface area contributed by atoms with Crippen LogP contribution in [0.3, 0.4) is 0 Å². The van der Waals surface area contributed by atoms with Gasteiger partial charge in [-0.25, -0.2) is 4.79 Å². The van der Waals surface area contributed by atoms with Crippen LogP contribution < -0.4 is 4.90 Å². The summed E-state index contributed by atoms with van der Waals surface area (Å²) in [7, 11) is 0. The number of carbonyl (C=O) groups excluding carboxylic acids is 1. The second kappa shape index (κ2) is 6.22. The Hall–Kier alpha value is -2.04. The molecule has 0 bridgehead atoms. The van der Waals surface area contributed by atoms with E-state index >= 15 is 0 Å². The number of oxime groups is 1. The number of rotatable bonds is 3. The van der Waals surface area contributed by atoms with E-state index in [4.69, 9.17) is 9.94 Å². The van der Waals surface area contributed by atoms with Crippen LogP contribution in [0.25, 0.3) is 0 Å². The maximum absolute atomic E-state index is 12.1. The maximum Gasteiger partial charge on any atom is 0.414 e. The van der Waals surface area contributed by atoms with Gasteiger partial charge in [-0.2, -0.15) is 0 Å². The predicted octanol–water partition coefficient (Wildman–Crippen LogP) is 3.26. The Morgan fingerprint density at radius 2 is 2.16 bits per heavy atom. The monoisotopic (exact) mass is 264 g/mol. The number of carbonyl (C=O) groups is 1. The van der Waals surface area contributed by atoms with E-state index in [1.807, 2.05) is 33.8 Å². The summed E-state index contributed by atoms with van der Waals surface area (Å²) < 4.78 is 5.35. The molecular formula is C14H20N2O3. The van der Waals surface area contributed by atoms with E-state index in [1.165, 1.54) is 11.1 Å². The lowest BCUT2D eigenvalue weighted by Crippen LogP contribution is -2.36. The number of benzene rings is 1. The molecule has 0 saturated carbocycles. The molecule has 0 radical (unpaired) electrons. The number of ether oxygens (including phenoxy) is 1. The fourth-order valence-electron chi connectivity index (χ4n) is 1.57.